The standard InChI is InChI=1S/C26H22BrN5O5/c1-31-25(35)17-9-14(11-28)23(22(27)21(17)26(31)36)30-29-18-10-13-8-15(33)12-32(6-7-37-2)24(13)16-4-3-5-19(34)20(16)18/h3-5,9-10,15,33-34H,6-8,12H2,1-2H3. The molecule has 0 aliphatic carbocycles. The Morgan fingerprint density at radius 1 is 1.24 bits per heavy atom. The predicted molar refractivity (Wildman–Crippen MR) is 139 cm³/mol. The number of nitriles is 1. The van der Waals surface area contributed by atoms with Crippen LogP contribution in [0, 0.1) is 11.3 Å². The van der Waals surface area contributed by atoms with Crippen molar-refractivity contribution in [3.8, 4) is 11.8 Å². The van der Waals surface area contributed by atoms with Gasteiger partial charge < -0.3 is 19.8 Å². The van der Waals surface area contributed by atoms with E-state index in [4.69, 9.17) is 4.74 Å². The molecule has 0 aromatic heterocycles. The van der Waals surface area contributed by atoms with Crippen molar-refractivity contribution in [1.82, 2.24) is 4.90 Å². The van der Waals surface area contributed by atoms with Gasteiger partial charge in [0.2, 0.25) is 0 Å². The van der Waals surface area contributed by atoms with Gasteiger partial charge in [0.05, 0.1) is 44.9 Å². The van der Waals surface area contributed by atoms with Crippen LogP contribution in [-0.2, 0) is 11.2 Å². The lowest BCUT2D eigenvalue weighted by Crippen LogP contribution is -2.40. The maximum Gasteiger partial charge on any atom is 0.262 e. The number of carbonyl (C=O) groups excluding carboxylic acids is 2. The van der Waals surface area contributed by atoms with Gasteiger partial charge in [-0.05, 0) is 39.7 Å². The second kappa shape index (κ2) is 9.55. The number of ether oxygens (including phenoxy) is 1. The van der Waals surface area contributed by atoms with Crippen molar-refractivity contribution in [2.75, 3.05) is 38.8 Å². The molecule has 0 bridgehead atoms. The van der Waals surface area contributed by atoms with E-state index >= 15 is 0 Å². The molecular weight excluding hydrogens is 542 g/mol. The number of phenols is 1. The molecule has 1 atom stereocenters. The molecule has 0 saturated carbocycles. The molecule has 2 heterocycles. The zero-order valence-electron chi connectivity index (χ0n) is 20.0. The number of anilines is 1. The number of aliphatic hydroxyl groups excluding tert-OH is 1. The number of β-amino-alcohol motifs (C(OH)–C–C–N with tert-alkyl or cyclic N) is 1. The smallest absolute Gasteiger partial charge is 0.262 e. The highest BCUT2D eigenvalue weighted by Gasteiger charge is 2.37. The highest BCUT2D eigenvalue weighted by atomic mass is 79.9. The number of carbonyl (C=O) groups is 2. The van der Waals surface area contributed by atoms with Gasteiger partial charge in [-0.2, -0.15) is 5.26 Å². The zero-order valence-corrected chi connectivity index (χ0v) is 21.6. The van der Waals surface area contributed by atoms with Crippen LogP contribution in [0.1, 0.15) is 31.8 Å². The molecule has 1 unspecified atom stereocenters. The zero-order chi connectivity index (χ0) is 26.4. The Morgan fingerprint density at radius 2 is 2.03 bits per heavy atom. The minimum absolute atomic E-state index is 0.00277. The van der Waals surface area contributed by atoms with E-state index < -0.39 is 17.9 Å². The van der Waals surface area contributed by atoms with Gasteiger partial charge in [0.25, 0.3) is 11.8 Å². The molecular formula is C26H22BrN5O5. The number of rotatable bonds is 5. The number of amides is 2. The van der Waals surface area contributed by atoms with Crippen LogP contribution in [-0.4, -0.2) is 66.9 Å². The minimum atomic E-state index is -0.597. The molecule has 0 saturated heterocycles. The second-order valence-electron chi connectivity index (χ2n) is 8.89. The van der Waals surface area contributed by atoms with E-state index in [1.807, 2.05) is 17.0 Å². The molecule has 3 aromatic rings. The third-order valence-electron chi connectivity index (χ3n) is 6.61. The second-order valence-corrected chi connectivity index (χ2v) is 9.68. The summed E-state index contributed by atoms with van der Waals surface area (Å²) >= 11 is 3.35. The Bertz CT molecular complexity index is 1550. The molecule has 11 heteroatoms. The molecule has 5 rings (SSSR count). The Morgan fingerprint density at radius 3 is 2.76 bits per heavy atom. The Balaban J connectivity index is 1.68. The summed E-state index contributed by atoms with van der Waals surface area (Å²) in [7, 11) is 2.99. The van der Waals surface area contributed by atoms with Gasteiger partial charge in [-0.25, -0.2) is 0 Å². The largest absolute Gasteiger partial charge is 0.507 e. The first-order valence-electron chi connectivity index (χ1n) is 11.5. The number of aliphatic hydroxyl groups is 1. The molecule has 0 fully saturated rings. The lowest BCUT2D eigenvalue weighted by Gasteiger charge is -2.35. The highest BCUT2D eigenvalue weighted by Crippen LogP contribution is 2.45. The van der Waals surface area contributed by atoms with Crippen LogP contribution < -0.4 is 4.90 Å². The fourth-order valence-electron chi connectivity index (χ4n) is 4.91. The minimum Gasteiger partial charge on any atom is -0.507 e. The molecule has 2 N–H and O–H groups in total. The molecule has 2 aliphatic heterocycles. The quantitative estimate of drug-likeness (QED) is 0.350. The summed E-state index contributed by atoms with van der Waals surface area (Å²) in [6.45, 7) is 1.45. The predicted octanol–water partition coefficient (Wildman–Crippen LogP) is 4.19. The van der Waals surface area contributed by atoms with Gasteiger partial charge in [-0.3, -0.25) is 14.5 Å². The average molecular weight is 564 g/mol. The number of benzene rings is 3. The number of fused-ring (bicyclic) bond motifs is 4. The number of nitrogens with zero attached hydrogens (tertiary/aromatic N) is 5. The first-order chi connectivity index (χ1) is 17.8. The van der Waals surface area contributed by atoms with Gasteiger partial charge in [0, 0.05) is 44.7 Å². The third-order valence-corrected chi connectivity index (χ3v) is 7.38. The van der Waals surface area contributed by atoms with E-state index in [1.54, 1.807) is 25.3 Å². The molecule has 0 spiro atoms. The van der Waals surface area contributed by atoms with E-state index in [0.717, 1.165) is 21.5 Å². The Labute approximate surface area is 220 Å². The number of hydrogen-bond acceptors (Lipinski definition) is 9. The molecule has 188 valence electrons. The van der Waals surface area contributed by atoms with Crippen molar-refractivity contribution in [2.24, 2.45) is 10.2 Å². The summed E-state index contributed by atoms with van der Waals surface area (Å²) in [6.07, 6.45) is -0.206. The number of imide groups is 1. The van der Waals surface area contributed by atoms with Crippen molar-refractivity contribution in [3.63, 3.8) is 0 Å². The SMILES string of the molecule is COCCN1CC(O)Cc2cc(N=Nc3c(C#N)cc4c(c3Br)C(=O)N(C)C4=O)c3c(O)cccc3c21. The van der Waals surface area contributed by atoms with Gasteiger partial charge in [0.1, 0.15) is 17.5 Å². The lowest BCUT2D eigenvalue weighted by atomic mass is 9.93. The van der Waals surface area contributed by atoms with Crippen LogP contribution in [0.5, 0.6) is 5.75 Å². The number of halogens is 1. The van der Waals surface area contributed by atoms with E-state index in [9.17, 15) is 25.1 Å². The molecule has 37 heavy (non-hydrogen) atoms. The fraction of sp³-hybridized carbons (Fsp3) is 0.269. The van der Waals surface area contributed by atoms with E-state index in [1.165, 1.54) is 13.1 Å². The highest BCUT2D eigenvalue weighted by molar-refractivity contribution is 9.10. The number of azo groups is 1. The number of methoxy groups -OCH3 is 1. The van der Waals surface area contributed by atoms with Crippen LogP contribution in [0.25, 0.3) is 10.8 Å². The summed E-state index contributed by atoms with van der Waals surface area (Å²) in [5.74, 6) is -0.999. The van der Waals surface area contributed by atoms with Crippen molar-refractivity contribution in [2.45, 2.75) is 12.5 Å². The van der Waals surface area contributed by atoms with Crippen LogP contribution >= 0.6 is 15.9 Å². The summed E-state index contributed by atoms with van der Waals surface area (Å²) in [6, 6.07) is 10.3. The number of hydrogen-bond donors (Lipinski definition) is 2. The van der Waals surface area contributed by atoms with Crippen LogP contribution in [0.4, 0.5) is 17.1 Å². The average Bonchev–Trinajstić information content (AvgIpc) is 3.09. The number of phenolic OH excluding ortho intramolecular Hbond substituents is 1. The Kier molecular flexibility index (Phi) is 6.41. The summed E-state index contributed by atoms with van der Waals surface area (Å²) < 4.78 is 5.44. The summed E-state index contributed by atoms with van der Waals surface area (Å²) in [4.78, 5) is 28.0. The van der Waals surface area contributed by atoms with E-state index in [0.29, 0.717) is 37.2 Å². The van der Waals surface area contributed by atoms with Crippen molar-refractivity contribution < 1.29 is 24.5 Å². The van der Waals surface area contributed by atoms with Crippen molar-refractivity contribution in [1.29, 1.82) is 5.26 Å². The first-order valence-corrected chi connectivity index (χ1v) is 12.3. The third kappa shape index (κ3) is 4.03. The van der Waals surface area contributed by atoms with E-state index in [2.05, 4.69) is 26.2 Å². The molecule has 3 aromatic carbocycles. The van der Waals surface area contributed by atoms with Crippen LogP contribution in [0.3, 0.4) is 0 Å². The summed E-state index contributed by atoms with van der Waals surface area (Å²) in [5, 5.41) is 40.9. The molecule has 2 aliphatic rings. The van der Waals surface area contributed by atoms with Crippen LogP contribution in [0.2, 0.25) is 0 Å². The first kappa shape index (κ1) is 24.8. The monoisotopic (exact) mass is 563 g/mol. The van der Waals surface area contributed by atoms with E-state index in [-0.39, 0.29) is 32.6 Å². The molecule has 0 radical (unpaired) electrons. The van der Waals surface area contributed by atoms with Gasteiger partial charge in [-0.1, -0.05) is 12.1 Å². The van der Waals surface area contributed by atoms with Crippen LogP contribution in [0.15, 0.2) is 45.0 Å². The van der Waals surface area contributed by atoms with Crippen molar-refractivity contribution in [3.05, 3.63) is 57.1 Å². The summed E-state index contributed by atoms with van der Waals surface area (Å²) in [5.41, 5.74) is 2.46. The normalized spacial score (nSPS) is 17.0. The molecule has 10 nitrogen and oxygen atoms in total. The fourth-order valence-corrected chi connectivity index (χ4v) is 5.58. The van der Waals surface area contributed by atoms with Gasteiger partial charge >= 0.3 is 0 Å². The number of aromatic hydroxyl groups is 1. The maximum absolute atomic E-state index is 12.6. The van der Waals surface area contributed by atoms with Gasteiger partial charge in [-0.15, -0.1) is 10.2 Å². The van der Waals surface area contributed by atoms with Crippen molar-refractivity contribution >= 4 is 55.6 Å². The maximum atomic E-state index is 12.6. The Hall–Kier alpha value is -3.85. The van der Waals surface area contributed by atoms with Gasteiger partial charge in [0.15, 0.2) is 0 Å². The topological polar surface area (TPSA) is 139 Å². The lowest BCUT2D eigenvalue weighted by molar-refractivity contribution is 0.0692. The molecule has 2 amide bonds.